The Balaban J connectivity index is 1.86. The average Bonchev–Trinajstić information content (AvgIpc) is 2.59. The summed E-state index contributed by atoms with van der Waals surface area (Å²) in [4.78, 5) is 10.8. The fourth-order valence-corrected chi connectivity index (χ4v) is 2.01. The van der Waals surface area contributed by atoms with Crippen molar-refractivity contribution in [1.29, 1.82) is 0 Å². The molecule has 4 heteroatoms. The van der Waals surface area contributed by atoms with E-state index in [-0.39, 0.29) is 0 Å². The molecule has 0 aromatic heterocycles. The fraction of sp³-hybridized carbons (Fsp3) is 0.278. The van der Waals surface area contributed by atoms with Crippen LogP contribution >= 0.6 is 0 Å². The van der Waals surface area contributed by atoms with E-state index in [1.54, 1.807) is 25.3 Å². The zero-order chi connectivity index (χ0) is 15.8. The van der Waals surface area contributed by atoms with Crippen LogP contribution in [0.2, 0.25) is 0 Å². The quantitative estimate of drug-likeness (QED) is 0.552. The van der Waals surface area contributed by atoms with Crippen molar-refractivity contribution < 1.29 is 19.0 Å². The van der Waals surface area contributed by atoms with E-state index in [4.69, 9.17) is 14.2 Å². The number of aryl methyl sites for hydroxylation is 1. The Hall–Kier alpha value is -2.49. The lowest BCUT2D eigenvalue weighted by Crippen LogP contribution is -2.09. The molecule has 0 spiro atoms. The van der Waals surface area contributed by atoms with Crippen LogP contribution in [0, 0.1) is 0 Å². The summed E-state index contributed by atoms with van der Waals surface area (Å²) in [7, 11) is 1.56. The van der Waals surface area contributed by atoms with Gasteiger partial charge in [0.2, 0.25) is 0 Å². The fourth-order valence-electron chi connectivity index (χ4n) is 2.01. The van der Waals surface area contributed by atoms with Gasteiger partial charge in [0.1, 0.15) is 25.2 Å². The Morgan fingerprint density at radius 2 is 1.68 bits per heavy atom. The largest absolute Gasteiger partial charge is 0.493 e. The molecular weight excluding hydrogens is 280 g/mol. The Morgan fingerprint density at radius 3 is 2.32 bits per heavy atom. The van der Waals surface area contributed by atoms with Gasteiger partial charge in [-0.1, -0.05) is 19.1 Å². The van der Waals surface area contributed by atoms with Crippen molar-refractivity contribution >= 4 is 6.29 Å². The van der Waals surface area contributed by atoms with Crippen molar-refractivity contribution in [2.45, 2.75) is 13.3 Å². The summed E-state index contributed by atoms with van der Waals surface area (Å²) < 4.78 is 16.5. The molecule has 0 amide bonds. The van der Waals surface area contributed by atoms with E-state index in [0.29, 0.717) is 30.3 Å². The van der Waals surface area contributed by atoms with Crippen molar-refractivity contribution in [3.8, 4) is 17.2 Å². The predicted octanol–water partition coefficient (Wildman–Crippen LogP) is 3.53. The van der Waals surface area contributed by atoms with Crippen molar-refractivity contribution in [3.05, 3.63) is 53.6 Å². The lowest BCUT2D eigenvalue weighted by atomic mass is 10.2. The van der Waals surface area contributed by atoms with E-state index >= 15 is 0 Å². The normalized spacial score (nSPS) is 10.1. The van der Waals surface area contributed by atoms with Gasteiger partial charge in [0.25, 0.3) is 0 Å². The first-order valence-electron chi connectivity index (χ1n) is 7.24. The van der Waals surface area contributed by atoms with E-state index in [0.717, 1.165) is 18.5 Å². The van der Waals surface area contributed by atoms with Gasteiger partial charge in [-0.05, 0) is 42.3 Å². The van der Waals surface area contributed by atoms with E-state index in [1.165, 1.54) is 5.56 Å². The second-order valence-corrected chi connectivity index (χ2v) is 4.72. The first-order valence-corrected chi connectivity index (χ1v) is 7.24. The van der Waals surface area contributed by atoms with E-state index < -0.39 is 0 Å². The molecule has 22 heavy (non-hydrogen) atoms. The van der Waals surface area contributed by atoms with Gasteiger partial charge in [-0.2, -0.15) is 0 Å². The summed E-state index contributed by atoms with van der Waals surface area (Å²) in [5.74, 6) is 1.95. The number of aldehydes is 1. The average molecular weight is 300 g/mol. The highest BCUT2D eigenvalue weighted by Crippen LogP contribution is 2.27. The van der Waals surface area contributed by atoms with Crippen LogP contribution in [0.15, 0.2) is 42.5 Å². The van der Waals surface area contributed by atoms with E-state index in [9.17, 15) is 4.79 Å². The second-order valence-electron chi connectivity index (χ2n) is 4.72. The summed E-state index contributed by atoms with van der Waals surface area (Å²) in [6.07, 6.45) is 1.79. The second kappa shape index (κ2) is 8.08. The molecule has 0 aliphatic heterocycles. The number of carbonyl (C=O) groups excluding carboxylic acids is 1. The Bertz CT molecular complexity index is 605. The summed E-state index contributed by atoms with van der Waals surface area (Å²) >= 11 is 0. The highest BCUT2D eigenvalue weighted by atomic mass is 16.5. The molecule has 0 saturated heterocycles. The van der Waals surface area contributed by atoms with Crippen LogP contribution in [-0.4, -0.2) is 26.6 Å². The maximum atomic E-state index is 10.8. The van der Waals surface area contributed by atoms with Gasteiger partial charge in [0.05, 0.1) is 7.11 Å². The summed E-state index contributed by atoms with van der Waals surface area (Å²) in [6, 6.07) is 13.0. The number of ether oxygens (including phenoxy) is 3. The monoisotopic (exact) mass is 300 g/mol. The highest BCUT2D eigenvalue weighted by molar-refractivity contribution is 5.76. The number of methoxy groups -OCH3 is 1. The van der Waals surface area contributed by atoms with Crippen molar-refractivity contribution in [2.75, 3.05) is 20.3 Å². The van der Waals surface area contributed by atoms with Gasteiger partial charge in [0.15, 0.2) is 11.5 Å². The van der Waals surface area contributed by atoms with E-state index in [2.05, 4.69) is 6.92 Å². The van der Waals surface area contributed by atoms with Crippen molar-refractivity contribution in [2.24, 2.45) is 0 Å². The number of hydrogen-bond acceptors (Lipinski definition) is 4. The van der Waals surface area contributed by atoms with Gasteiger partial charge in [-0.25, -0.2) is 0 Å². The maximum Gasteiger partial charge on any atom is 0.162 e. The first-order chi connectivity index (χ1) is 10.8. The molecule has 116 valence electrons. The van der Waals surface area contributed by atoms with Crippen LogP contribution < -0.4 is 14.2 Å². The molecule has 0 heterocycles. The summed E-state index contributed by atoms with van der Waals surface area (Å²) in [6.45, 7) is 2.90. The maximum absolute atomic E-state index is 10.8. The van der Waals surface area contributed by atoms with Crippen LogP contribution in [0.3, 0.4) is 0 Å². The highest BCUT2D eigenvalue weighted by Gasteiger charge is 2.05. The van der Waals surface area contributed by atoms with Crippen LogP contribution in [0.4, 0.5) is 0 Å². The zero-order valence-electron chi connectivity index (χ0n) is 12.9. The third-order valence-electron chi connectivity index (χ3n) is 3.26. The Labute approximate surface area is 130 Å². The smallest absolute Gasteiger partial charge is 0.162 e. The van der Waals surface area contributed by atoms with Crippen LogP contribution in [0.5, 0.6) is 17.2 Å². The lowest BCUT2D eigenvalue weighted by molar-refractivity contribution is 0.112. The molecule has 2 rings (SSSR count). The third kappa shape index (κ3) is 4.25. The standard InChI is InChI=1S/C18H20O4/c1-3-14-4-7-16(8-5-14)21-10-11-22-18-12-15(13-19)6-9-17(18)20-2/h4-9,12-13H,3,10-11H2,1-2H3. The van der Waals surface area contributed by atoms with Gasteiger partial charge in [0, 0.05) is 5.56 Å². The molecule has 2 aromatic rings. The minimum absolute atomic E-state index is 0.369. The molecule has 4 nitrogen and oxygen atoms in total. The molecule has 0 aliphatic carbocycles. The number of rotatable bonds is 8. The number of benzene rings is 2. The molecule has 0 atom stereocenters. The predicted molar refractivity (Wildman–Crippen MR) is 85.2 cm³/mol. The summed E-state index contributed by atoms with van der Waals surface area (Å²) in [5.41, 5.74) is 1.82. The molecule has 0 unspecified atom stereocenters. The topological polar surface area (TPSA) is 44.8 Å². The molecule has 0 bridgehead atoms. The Morgan fingerprint density at radius 1 is 0.955 bits per heavy atom. The third-order valence-corrected chi connectivity index (χ3v) is 3.26. The van der Waals surface area contributed by atoms with Gasteiger partial charge >= 0.3 is 0 Å². The van der Waals surface area contributed by atoms with Gasteiger partial charge in [-0.3, -0.25) is 4.79 Å². The number of hydrogen-bond donors (Lipinski definition) is 0. The zero-order valence-corrected chi connectivity index (χ0v) is 12.9. The molecule has 0 saturated carbocycles. The Kier molecular flexibility index (Phi) is 5.83. The van der Waals surface area contributed by atoms with Crippen LogP contribution in [-0.2, 0) is 6.42 Å². The molecule has 2 aromatic carbocycles. The number of carbonyl (C=O) groups is 1. The van der Waals surface area contributed by atoms with Crippen molar-refractivity contribution in [1.82, 2.24) is 0 Å². The minimum atomic E-state index is 0.369. The van der Waals surface area contributed by atoms with Crippen LogP contribution in [0.1, 0.15) is 22.8 Å². The lowest BCUT2D eigenvalue weighted by Gasteiger charge is -2.12. The van der Waals surface area contributed by atoms with E-state index in [1.807, 2.05) is 24.3 Å². The van der Waals surface area contributed by atoms with Gasteiger partial charge in [-0.15, -0.1) is 0 Å². The SMILES string of the molecule is CCc1ccc(OCCOc2cc(C=O)ccc2OC)cc1. The molecule has 0 fully saturated rings. The molecular formula is C18H20O4. The van der Waals surface area contributed by atoms with Crippen molar-refractivity contribution in [3.63, 3.8) is 0 Å². The minimum Gasteiger partial charge on any atom is -0.493 e. The molecule has 0 N–H and O–H groups in total. The molecule has 0 radical (unpaired) electrons. The van der Waals surface area contributed by atoms with Crippen LogP contribution in [0.25, 0.3) is 0 Å². The molecule has 0 aliphatic rings. The summed E-state index contributed by atoms with van der Waals surface area (Å²) in [5, 5.41) is 0. The first kappa shape index (κ1) is 15.9. The van der Waals surface area contributed by atoms with Gasteiger partial charge < -0.3 is 14.2 Å².